The average Bonchev–Trinajstić information content (AvgIpc) is 3.26. The second kappa shape index (κ2) is 9.49. The lowest BCUT2D eigenvalue weighted by Crippen LogP contribution is -2.19. The Kier molecular flexibility index (Phi) is 6.52. The standard InChI is InChI=1S/C22H24N4O5S/c1-3-14-11-16(30-2)12-18-19(14)22(27)31-21(25-18)17-5-4-7-24-20(17)26-9-6-15(13-26)23-8-10-32(28)29/h4-5,7,11-13,23H,3,6,8-10H2,1-2H3,(H,28,29)/p-1. The molecule has 3 aromatic rings. The maximum Gasteiger partial charge on any atom is 0.347 e. The normalized spacial score (nSPS) is 14.5. The number of hydrogen-bond acceptors (Lipinski definition) is 9. The van der Waals surface area contributed by atoms with Crippen molar-refractivity contribution in [1.29, 1.82) is 0 Å². The largest absolute Gasteiger partial charge is 0.772 e. The molecular weight excluding hydrogens is 432 g/mol. The molecule has 1 unspecified atom stereocenters. The van der Waals surface area contributed by atoms with Crippen LogP contribution in [0.4, 0.5) is 5.82 Å². The van der Waals surface area contributed by atoms with Gasteiger partial charge in [-0.3, -0.25) is 4.21 Å². The first-order valence-corrected chi connectivity index (χ1v) is 11.5. The Morgan fingerprint density at radius 2 is 2.22 bits per heavy atom. The van der Waals surface area contributed by atoms with Crippen LogP contribution in [0.25, 0.3) is 22.4 Å². The molecule has 0 amide bonds. The molecule has 3 heterocycles. The summed E-state index contributed by atoms with van der Waals surface area (Å²) >= 11 is -2.08. The van der Waals surface area contributed by atoms with E-state index in [1.165, 1.54) is 0 Å². The van der Waals surface area contributed by atoms with Crippen LogP contribution in [-0.4, -0.2) is 44.7 Å². The summed E-state index contributed by atoms with van der Waals surface area (Å²) < 4.78 is 32.5. The molecule has 1 atom stereocenters. The molecule has 2 aromatic heterocycles. The van der Waals surface area contributed by atoms with Gasteiger partial charge in [-0.1, -0.05) is 18.0 Å². The van der Waals surface area contributed by atoms with Gasteiger partial charge in [-0.2, -0.15) is 0 Å². The minimum absolute atomic E-state index is 0.0432. The Morgan fingerprint density at radius 1 is 1.38 bits per heavy atom. The predicted octanol–water partition coefficient (Wildman–Crippen LogP) is 2.34. The van der Waals surface area contributed by atoms with Gasteiger partial charge in [0.1, 0.15) is 11.6 Å². The molecule has 9 nitrogen and oxygen atoms in total. The van der Waals surface area contributed by atoms with Crippen LogP contribution in [0.1, 0.15) is 18.9 Å². The number of anilines is 1. The summed E-state index contributed by atoms with van der Waals surface area (Å²) in [4.78, 5) is 23.9. The van der Waals surface area contributed by atoms with Crippen molar-refractivity contribution in [1.82, 2.24) is 15.3 Å². The Bertz CT molecular complexity index is 1260. The first kappa shape index (κ1) is 22.0. The highest BCUT2D eigenvalue weighted by Crippen LogP contribution is 2.31. The number of rotatable bonds is 8. The molecule has 0 spiro atoms. The van der Waals surface area contributed by atoms with Crippen molar-refractivity contribution in [3.63, 3.8) is 0 Å². The van der Waals surface area contributed by atoms with Crippen LogP contribution in [0.15, 0.2) is 51.6 Å². The lowest BCUT2D eigenvalue weighted by molar-refractivity contribution is 0.414. The first-order chi connectivity index (χ1) is 15.5. The van der Waals surface area contributed by atoms with Crippen molar-refractivity contribution in [2.45, 2.75) is 19.8 Å². The van der Waals surface area contributed by atoms with E-state index in [9.17, 15) is 13.6 Å². The highest BCUT2D eigenvalue weighted by atomic mass is 32.2. The van der Waals surface area contributed by atoms with Crippen molar-refractivity contribution >= 4 is 27.8 Å². The highest BCUT2D eigenvalue weighted by Gasteiger charge is 2.21. The number of ether oxygens (including phenoxy) is 1. The fraction of sp³-hybridized carbons (Fsp3) is 0.318. The minimum Gasteiger partial charge on any atom is -0.772 e. The average molecular weight is 456 g/mol. The number of fused-ring (bicyclic) bond motifs is 1. The topological polar surface area (TPSA) is 121 Å². The lowest BCUT2D eigenvalue weighted by Gasteiger charge is -2.17. The van der Waals surface area contributed by atoms with E-state index in [0.717, 1.165) is 11.3 Å². The number of methoxy groups -OCH3 is 1. The van der Waals surface area contributed by atoms with Gasteiger partial charge >= 0.3 is 5.63 Å². The minimum atomic E-state index is -2.08. The van der Waals surface area contributed by atoms with Gasteiger partial charge in [0.05, 0.1) is 23.6 Å². The maximum absolute atomic E-state index is 12.9. The second-order valence-electron chi connectivity index (χ2n) is 7.25. The zero-order valence-electron chi connectivity index (χ0n) is 17.8. The molecule has 0 radical (unpaired) electrons. The summed E-state index contributed by atoms with van der Waals surface area (Å²) in [5.41, 5.74) is 2.37. The third-order valence-corrected chi connectivity index (χ3v) is 5.79. The molecule has 10 heteroatoms. The molecular formula is C22H23N4O5S-. The number of nitrogens with one attached hydrogen (secondary N) is 1. The van der Waals surface area contributed by atoms with Crippen LogP contribution < -0.4 is 20.6 Å². The number of aryl methyl sites for hydroxylation is 1. The van der Waals surface area contributed by atoms with Gasteiger partial charge in [-0.15, -0.1) is 0 Å². The van der Waals surface area contributed by atoms with Crippen molar-refractivity contribution in [2.75, 3.05) is 30.9 Å². The van der Waals surface area contributed by atoms with Crippen molar-refractivity contribution < 1.29 is 17.9 Å². The van der Waals surface area contributed by atoms with E-state index < -0.39 is 16.7 Å². The van der Waals surface area contributed by atoms with Crippen molar-refractivity contribution in [2.24, 2.45) is 0 Å². The van der Waals surface area contributed by atoms with E-state index >= 15 is 0 Å². The summed E-state index contributed by atoms with van der Waals surface area (Å²) in [6.45, 7) is 2.95. The van der Waals surface area contributed by atoms with E-state index in [1.807, 2.05) is 24.1 Å². The molecule has 0 bridgehead atoms. The number of hydrogen-bond donors (Lipinski definition) is 1. The van der Waals surface area contributed by atoms with Crippen LogP contribution in [0.2, 0.25) is 0 Å². The molecule has 32 heavy (non-hydrogen) atoms. The van der Waals surface area contributed by atoms with Crippen LogP contribution in [0, 0.1) is 0 Å². The van der Waals surface area contributed by atoms with Gasteiger partial charge in [-0.05, 0) is 30.2 Å². The molecule has 0 saturated carbocycles. The van der Waals surface area contributed by atoms with Gasteiger partial charge in [0.25, 0.3) is 0 Å². The Balaban J connectivity index is 1.72. The van der Waals surface area contributed by atoms with Gasteiger partial charge < -0.3 is 23.9 Å². The number of benzene rings is 1. The van der Waals surface area contributed by atoms with Crippen molar-refractivity contribution in [3.05, 3.63) is 58.3 Å². The van der Waals surface area contributed by atoms with Gasteiger partial charge in [0, 0.05) is 49.4 Å². The van der Waals surface area contributed by atoms with Crippen LogP contribution in [-0.2, 0) is 17.5 Å². The number of nitrogens with zero attached hydrogens (tertiary/aromatic N) is 3. The predicted molar refractivity (Wildman–Crippen MR) is 121 cm³/mol. The molecule has 0 saturated heterocycles. The molecule has 1 aromatic carbocycles. The number of aromatic nitrogens is 2. The zero-order valence-corrected chi connectivity index (χ0v) is 18.6. The SMILES string of the molecule is CCc1cc(OC)cc2nc(-c3cccnc3N3C=C(NCCS(=O)[O-])CC3)oc(=O)c12. The maximum atomic E-state index is 12.9. The summed E-state index contributed by atoms with van der Waals surface area (Å²) in [7, 11) is 1.58. The molecule has 168 valence electrons. The second-order valence-corrected chi connectivity index (χ2v) is 8.26. The summed E-state index contributed by atoms with van der Waals surface area (Å²) in [6.07, 6.45) is 4.91. The van der Waals surface area contributed by atoms with Gasteiger partial charge in [-0.25, -0.2) is 14.8 Å². The molecule has 1 N–H and O–H groups in total. The molecule has 4 rings (SSSR count). The molecule has 0 aliphatic carbocycles. The Morgan fingerprint density at radius 3 is 2.97 bits per heavy atom. The Labute approximate surface area is 187 Å². The van der Waals surface area contributed by atoms with E-state index in [-0.39, 0.29) is 11.6 Å². The summed E-state index contributed by atoms with van der Waals surface area (Å²) in [6, 6.07) is 7.11. The fourth-order valence-corrected chi connectivity index (χ4v) is 3.98. The van der Waals surface area contributed by atoms with E-state index in [2.05, 4.69) is 15.3 Å². The van der Waals surface area contributed by atoms with E-state index in [1.54, 1.807) is 31.5 Å². The third-order valence-electron chi connectivity index (χ3n) is 5.25. The lowest BCUT2D eigenvalue weighted by atomic mass is 10.1. The summed E-state index contributed by atoms with van der Waals surface area (Å²) in [5.74, 6) is 1.45. The molecule has 1 aliphatic heterocycles. The van der Waals surface area contributed by atoms with Crippen molar-refractivity contribution in [3.8, 4) is 17.2 Å². The monoisotopic (exact) mass is 455 g/mol. The smallest absolute Gasteiger partial charge is 0.347 e. The van der Waals surface area contributed by atoms with Crippen LogP contribution in [0.5, 0.6) is 5.75 Å². The quantitative estimate of drug-likeness (QED) is 0.510. The Hall–Kier alpha value is -3.24. The van der Waals surface area contributed by atoms with Gasteiger partial charge in [0.15, 0.2) is 0 Å². The summed E-state index contributed by atoms with van der Waals surface area (Å²) in [5, 5.41) is 3.58. The fourth-order valence-electron chi connectivity index (χ4n) is 3.71. The van der Waals surface area contributed by atoms with Gasteiger partial charge in [0.2, 0.25) is 5.89 Å². The highest BCUT2D eigenvalue weighted by molar-refractivity contribution is 7.79. The van der Waals surface area contributed by atoms with Crippen LogP contribution in [0.3, 0.4) is 0 Å². The van der Waals surface area contributed by atoms with E-state index in [0.29, 0.717) is 54.0 Å². The zero-order chi connectivity index (χ0) is 22.7. The third kappa shape index (κ3) is 4.51. The molecule has 0 fully saturated rings. The van der Waals surface area contributed by atoms with Crippen LogP contribution >= 0.6 is 0 Å². The van der Waals surface area contributed by atoms with E-state index in [4.69, 9.17) is 9.15 Å². The number of pyridine rings is 1. The first-order valence-electron chi connectivity index (χ1n) is 10.2. The molecule has 1 aliphatic rings.